The van der Waals surface area contributed by atoms with E-state index in [0.717, 1.165) is 49.4 Å². The molecule has 0 radical (unpaired) electrons. The maximum Gasteiger partial charge on any atom is 0.223 e. The van der Waals surface area contributed by atoms with Gasteiger partial charge >= 0.3 is 0 Å². The molecule has 25 heavy (non-hydrogen) atoms. The Labute approximate surface area is 147 Å². The summed E-state index contributed by atoms with van der Waals surface area (Å²) in [5.74, 6) is 0.788. The molecule has 0 aliphatic carbocycles. The van der Waals surface area contributed by atoms with Crippen molar-refractivity contribution in [1.29, 1.82) is 0 Å². The molecule has 5 nitrogen and oxygen atoms in total. The molecule has 1 N–H and O–H groups in total. The van der Waals surface area contributed by atoms with Crippen LogP contribution in [0.5, 0.6) is 0 Å². The Hall–Kier alpha value is -2.21. The number of halogens is 1. The van der Waals surface area contributed by atoms with E-state index in [9.17, 15) is 9.18 Å². The predicted octanol–water partition coefficient (Wildman–Crippen LogP) is 3.22. The fraction of sp³-hybridized carbons (Fsp3) is 0.474. The van der Waals surface area contributed by atoms with Crippen LogP contribution < -0.4 is 0 Å². The molecular weight excluding hydrogens is 319 g/mol. The third kappa shape index (κ3) is 4.25. The number of likely N-dealkylation sites (tertiary alicyclic amines) is 1. The van der Waals surface area contributed by atoms with Crippen molar-refractivity contribution in [2.75, 3.05) is 27.2 Å². The first kappa shape index (κ1) is 17.6. The largest absolute Gasteiger partial charge is 0.349 e. The van der Waals surface area contributed by atoms with Crippen molar-refractivity contribution >= 4 is 5.91 Å². The number of rotatable bonds is 5. The van der Waals surface area contributed by atoms with Gasteiger partial charge in [-0.1, -0.05) is 18.6 Å². The number of benzene rings is 1. The van der Waals surface area contributed by atoms with Gasteiger partial charge in [0.1, 0.15) is 11.6 Å². The molecule has 1 aliphatic rings. The van der Waals surface area contributed by atoms with Crippen molar-refractivity contribution in [2.45, 2.75) is 31.7 Å². The molecule has 1 amide bonds. The summed E-state index contributed by atoms with van der Waals surface area (Å²) in [4.78, 5) is 23.8. The number of carbonyl (C=O) groups is 1. The lowest BCUT2D eigenvalue weighted by Gasteiger charge is -2.34. The first-order valence-corrected chi connectivity index (χ1v) is 8.79. The number of nitrogens with one attached hydrogen (secondary N) is 1. The predicted molar refractivity (Wildman–Crippen MR) is 95.5 cm³/mol. The minimum atomic E-state index is -0.254. The lowest BCUT2D eigenvalue weighted by atomic mass is 10.0. The first-order valence-electron chi connectivity index (χ1n) is 8.79. The second kappa shape index (κ2) is 7.78. The fourth-order valence-corrected chi connectivity index (χ4v) is 3.34. The van der Waals surface area contributed by atoms with Gasteiger partial charge < -0.3 is 9.88 Å². The third-order valence-corrected chi connectivity index (χ3v) is 4.77. The van der Waals surface area contributed by atoms with E-state index in [0.29, 0.717) is 6.42 Å². The highest BCUT2D eigenvalue weighted by Gasteiger charge is 2.26. The molecule has 0 spiro atoms. The van der Waals surface area contributed by atoms with E-state index in [-0.39, 0.29) is 17.8 Å². The van der Waals surface area contributed by atoms with Crippen LogP contribution in [0, 0.1) is 5.82 Å². The Balaban J connectivity index is 1.73. The topological polar surface area (TPSA) is 52.2 Å². The van der Waals surface area contributed by atoms with Gasteiger partial charge in [-0.3, -0.25) is 9.69 Å². The van der Waals surface area contributed by atoms with Crippen LogP contribution in [0.25, 0.3) is 11.3 Å². The Morgan fingerprint density at radius 3 is 3.00 bits per heavy atom. The zero-order valence-corrected chi connectivity index (χ0v) is 14.8. The lowest BCUT2D eigenvalue weighted by Crippen LogP contribution is -2.37. The van der Waals surface area contributed by atoms with Gasteiger partial charge in [0.05, 0.1) is 17.9 Å². The van der Waals surface area contributed by atoms with Gasteiger partial charge in [-0.05, 0) is 31.5 Å². The number of piperidine rings is 1. The van der Waals surface area contributed by atoms with Crippen LogP contribution in [-0.4, -0.2) is 52.9 Å². The fourth-order valence-electron chi connectivity index (χ4n) is 3.34. The van der Waals surface area contributed by atoms with Crippen LogP contribution in [0.3, 0.4) is 0 Å². The number of imidazole rings is 1. The Kier molecular flexibility index (Phi) is 5.48. The van der Waals surface area contributed by atoms with Crippen molar-refractivity contribution in [3.05, 3.63) is 42.1 Å². The van der Waals surface area contributed by atoms with E-state index in [4.69, 9.17) is 0 Å². The van der Waals surface area contributed by atoms with E-state index >= 15 is 0 Å². The van der Waals surface area contributed by atoms with E-state index < -0.39 is 0 Å². The summed E-state index contributed by atoms with van der Waals surface area (Å²) >= 11 is 0. The van der Waals surface area contributed by atoms with Crippen LogP contribution in [0.4, 0.5) is 4.39 Å². The number of H-pyrrole nitrogens is 1. The van der Waals surface area contributed by atoms with Gasteiger partial charge in [-0.15, -0.1) is 0 Å². The summed E-state index contributed by atoms with van der Waals surface area (Å²) in [6.07, 6.45) is 5.60. The zero-order valence-electron chi connectivity index (χ0n) is 14.8. The summed E-state index contributed by atoms with van der Waals surface area (Å²) in [6, 6.07) is 6.70. The second-order valence-electron chi connectivity index (χ2n) is 6.78. The highest BCUT2D eigenvalue weighted by molar-refractivity contribution is 5.75. The van der Waals surface area contributed by atoms with Crippen molar-refractivity contribution in [3.8, 4) is 11.3 Å². The number of aromatic nitrogens is 2. The van der Waals surface area contributed by atoms with Crippen LogP contribution >= 0.6 is 0 Å². The van der Waals surface area contributed by atoms with Gasteiger partial charge in [-0.2, -0.15) is 0 Å². The van der Waals surface area contributed by atoms with Gasteiger partial charge in [-0.25, -0.2) is 9.37 Å². The molecule has 0 saturated carbocycles. The Morgan fingerprint density at radius 2 is 2.24 bits per heavy atom. The first-order chi connectivity index (χ1) is 12.0. The minimum Gasteiger partial charge on any atom is -0.349 e. The molecule has 1 aromatic heterocycles. The van der Waals surface area contributed by atoms with Gasteiger partial charge in [0, 0.05) is 32.6 Å². The van der Waals surface area contributed by atoms with Crippen molar-refractivity contribution < 1.29 is 9.18 Å². The molecule has 1 atom stereocenters. The summed E-state index contributed by atoms with van der Waals surface area (Å²) < 4.78 is 13.4. The number of carbonyl (C=O) groups excluding carboxylic acids is 1. The molecule has 1 saturated heterocycles. The standard InChI is InChI=1S/C19H25FN4O/c1-23(2)18(25)9-11-24-10-4-3-8-17(24)19-21-13-16(22-19)14-6-5-7-15(20)12-14/h5-7,12-13,17H,3-4,8-11H2,1-2H3,(H,21,22)/t17-/m1/s1. The number of aromatic amines is 1. The number of nitrogens with zero attached hydrogens (tertiary/aromatic N) is 3. The van der Waals surface area contributed by atoms with E-state index in [2.05, 4.69) is 14.9 Å². The van der Waals surface area contributed by atoms with Crippen LogP contribution in [0.2, 0.25) is 0 Å². The molecule has 2 heterocycles. The molecule has 1 aliphatic heterocycles. The quantitative estimate of drug-likeness (QED) is 0.906. The maximum atomic E-state index is 13.4. The van der Waals surface area contributed by atoms with Crippen molar-refractivity contribution in [1.82, 2.24) is 19.8 Å². The minimum absolute atomic E-state index is 0.143. The van der Waals surface area contributed by atoms with E-state index in [1.807, 2.05) is 6.07 Å². The van der Waals surface area contributed by atoms with Gasteiger partial charge in [0.15, 0.2) is 0 Å². The third-order valence-electron chi connectivity index (χ3n) is 4.77. The smallest absolute Gasteiger partial charge is 0.223 e. The molecule has 6 heteroatoms. The summed E-state index contributed by atoms with van der Waals surface area (Å²) in [5, 5.41) is 0. The molecule has 1 fully saturated rings. The highest BCUT2D eigenvalue weighted by atomic mass is 19.1. The van der Waals surface area contributed by atoms with Crippen LogP contribution in [0.15, 0.2) is 30.5 Å². The second-order valence-corrected chi connectivity index (χ2v) is 6.78. The number of hydrogen-bond acceptors (Lipinski definition) is 3. The average molecular weight is 344 g/mol. The Bertz CT molecular complexity index is 728. The average Bonchev–Trinajstić information content (AvgIpc) is 3.09. The molecule has 1 aromatic carbocycles. The SMILES string of the molecule is CN(C)C(=O)CCN1CCCC[C@@H]1c1ncc(-c2cccc(F)c2)[nH]1. The molecular formula is C19H25FN4O. The summed E-state index contributed by atoms with van der Waals surface area (Å²) in [6.45, 7) is 1.71. The number of hydrogen-bond donors (Lipinski definition) is 1. The summed E-state index contributed by atoms with van der Waals surface area (Å²) in [7, 11) is 3.57. The molecule has 2 aromatic rings. The lowest BCUT2D eigenvalue weighted by molar-refractivity contribution is -0.129. The molecule has 0 unspecified atom stereocenters. The van der Waals surface area contributed by atoms with Crippen LogP contribution in [-0.2, 0) is 4.79 Å². The Morgan fingerprint density at radius 1 is 1.40 bits per heavy atom. The van der Waals surface area contributed by atoms with Gasteiger partial charge in [0.2, 0.25) is 5.91 Å². The van der Waals surface area contributed by atoms with E-state index in [1.54, 1.807) is 31.3 Å². The summed E-state index contributed by atoms with van der Waals surface area (Å²) in [5.41, 5.74) is 1.62. The molecule has 0 bridgehead atoms. The highest BCUT2D eigenvalue weighted by Crippen LogP contribution is 2.30. The zero-order chi connectivity index (χ0) is 17.8. The molecule has 134 valence electrons. The normalized spacial score (nSPS) is 18.3. The molecule has 3 rings (SSSR count). The monoisotopic (exact) mass is 344 g/mol. The van der Waals surface area contributed by atoms with Crippen molar-refractivity contribution in [3.63, 3.8) is 0 Å². The van der Waals surface area contributed by atoms with Gasteiger partial charge in [0.25, 0.3) is 0 Å². The van der Waals surface area contributed by atoms with E-state index in [1.165, 1.54) is 12.1 Å². The maximum absolute atomic E-state index is 13.4. The number of amides is 1. The van der Waals surface area contributed by atoms with Crippen LogP contribution in [0.1, 0.15) is 37.5 Å². The van der Waals surface area contributed by atoms with Crippen molar-refractivity contribution in [2.24, 2.45) is 0 Å².